The molecule has 0 aliphatic carbocycles. The Morgan fingerprint density at radius 2 is 2.21 bits per heavy atom. The van der Waals surface area contributed by atoms with Crippen molar-refractivity contribution >= 4 is 23.0 Å². The van der Waals surface area contributed by atoms with Gasteiger partial charge < -0.3 is 16.0 Å². The van der Waals surface area contributed by atoms with E-state index < -0.39 is 0 Å². The molecular weight excluding hydrogens is 254 g/mol. The fourth-order valence-corrected chi connectivity index (χ4v) is 2.25. The molecule has 0 amide bonds. The molecule has 1 aliphatic rings. The van der Waals surface area contributed by atoms with Gasteiger partial charge in [-0.05, 0) is 36.7 Å². The number of nitrogens with one attached hydrogen (secondary N) is 3. The Bertz CT molecular complexity index is 451. The fraction of sp³-hybridized carbons (Fsp3) is 0.400. The van der Waals surface area contributed by atoms with Gasteiger partial charge in [0.15, 0.2) is 5.11 Å². The monoisotopic (exact) mass is 279 g/mol. The maximum Gasteiger partial charge on any atom is 0.171 e. The minimum absolute atomic E-state index is 0. The van der Waals surface area contributed by atoms with Gasteiger partial charge in [-0.1, -0.05) is 37.6 Å². The molecular formula is C15H25N3S. The summed E-state index contributed by atoms with van der Waals surface area (Å²) in [4.78, 5) is 0. The normalized spacial score (nSPS) is 18.2. The summed E-state index contributed by atoms with van der Waals surface area (Å²) in [6.45, 7) is 4.07. The minimum atomic E-state index is 0. The van der Waals surface area contributed by atoms with Gasteiger partial charge in [0.25, 0.3) is 0 Å². The SMILES string of the molecule is CC[C@@H]1CC=C(CNC(=S)Nc2ccccc2)NC1.[HH].[HH]. The van der Waals surface area contributed by atoms with Crippen LogP contribution in [-0.4, -0.2) is 18.2 Å². The van der Waals surface area contributed by atoms with Crippen molar-refractivity contribution in [3.63, 3.8) is 0 Å². The van der Waals surface area contributed by atoms with Gasteiger partial charge in [0.2, 0.25) is 0 Å². The minimum Gasteiger partial charge on any atom is -0.387 e. The number of thiocarbonyl (C=S) groups is 1. The molecule has 0 aromatic heterocycles. The van der Waals surface area contributed by atoms with Crippen LogP contribution in [0.5, 0.6) is 0 Å². The van der Waals surface area contributed by atoms with Crippen LogP contribution in [0.3, 0.4) is 0 Å². The van der Waals surface area contributed by atoms with Crippen LogP contribution in [0.4, 0.5) is 5.69 Å². The Labute approximate surface area is 123 Å². The van der Waals surface area contributed by atoms with Gasteiger partial charge in [0.05, 0.1) is 6.54 Å². The molecule has 0 bridgehead atoms. The molecule has 106 valence electrons. The van der Waals surface area contributed by atoms with E-state index in [2.05, 4.69) is 29.0 Å². The lowest BCUT2D eigenvalue weighted by Crippen LogP contribution is -2.36. The summed E-state index contributed by atoms with van der Waals surface area (Å²) in [6.07, 6.45) is 4.67. The highest BCUT2D eigenvalue weighted by atomic mass is 32.1. The average Bonchev–Trinajstić information content (AvgIpc) is 2.47. The van der Waals surface area contributed by atoms with Crippen molar-refractivity contribution in [1.82, 2.24) is 10.6 Å². The molecule has 0 saturated heterocycles. The van der Waals surface area contributed by atoms with Crippen LogP contribution >= 0.6 is 12.2 Å². The van der Waals surface area contributed by atoms with E-state index in [0.29, 0.717) is 5.11 Å². The summed E-state index contributed by atoms with van der Waals surface area (Å²) < 4.78 is 0. The van der Waals surface area contributed by atoms with Gasteiger partial charge in [-0.2, -0.15) is 0 Å². The van der Waals surface area contributed by atoms with E-state index in [1.54, 1.807) is 0 Å². The molecule has 0 fully saturated rings. The van der Waals surface area contributed by atoms with Crippen LogP contribution in [0.25, 0.3) is 0 Å². The Morgan fingerprint density at radius 3 is 2.84 bits per heavy atom. The largest absolute Gasteiger partial charge is 0.387 e. The van der Waals surface area contributed by atoms with E-state index >= 15 is 0 Å². The van der Waals surface area contributed by atoms with Crippen molar-refractivity contribution in [1.29, 1.82) is 0 Å². The lowest BCUT2D eigenvalue weighted by atomic mass is 9.99. The molecule has 3 N–H and O–H groups in total. The predicted octanol–water partition coefficient (Wildman–Crippen LogP) is 3.37. The van der Waals surface area contributed by atoms with Crippen LogP contribution in [-0.2, 0) is 0 Å². The number of allylic oxidation sites excluding steroid dienone is 1. The van der Waals surface area contributed by atoms with E-state index in [4.69, 9.17) is 12.2 Å². The third-order valence-corrected chi connectivity index (χ3v) is 3.61. The molecule has 4 heteroatoms. The van der Waals surface area contributed by atoms with E-state index in [1.165, 1.54) is 18.5 Å². The summed E-state index contributed by atoms with van der Waals surface area (Å²) in [5.74, 6) is 0.776. The Hall–Kier alpha value is -1.55. The van der Waals surface area contributed by atoms with Crippen molar-refractivity contribution in [3.05, 3.63) is 42.1 Å². The zero-order valence-corrected chi connectivity index (χ0v) is 12.1. The Balaban J connectivity index is 0.00000200. The van der Waals surface area contributed by atoms with E-state index in [0.717, 1.165) is 24.7 Å². The lowest BCUT2D eigenvalue weighted by molar-refractivity contribution is 0.463. The maximum absolute atomic E-state index is 5.27. The molecule has 19 heavy (non-hydrogen) atoms. The second-order valence-electron chi connectivity index (χ2n) is 4.79. The van der Waals surface area contributed by atoms with Gasteiger partial charge in [-0.25, -0.2) is 0 Å². The third-order valence-electron chi connectivity index (χ3n) is 3.36. The predicted molar refractivity (Wildman–Crippen MR) is 89.4 cm³/mol. The molecule has 0 unspecified atom stereocenters. The zero-order valence-electron chi connectivity index (χ0n) is 11.3. The molecule has 1 heterocycles. The quantitative estimate of drug-likeness (QED) is 0.739. The molecule has 1 aromatic carbocycles. The first-order valence-electron chi connectivity index (χ1n) is 6.80. The first-order valence-corrected chi connectivity index (χ1v) is 7.21. The van der Waals surface area contributed by atoms with E-state index in [1.807, 2.05) is 30.3 Å². The first kappa shape index (κ1) is 13.9. The number of hydrogen-bond donors (Lipinski definition) is 3. The molecule has 0 saturated carbocycles. The lowest BCUT2D eigenvalue weighted by Gasteiger charge is -2.23. The van der Waals surface area contributed by atoms with Crippen molar-refractivity contribution in [2.75, 3.05) is 18.4 Å². The van der Waals surface area contributed by atoms with Crippen LogP contribution in [0.15, 0.2) is 42.1 Å². The highest BCUT2D eigenvalue weighted by Crippen LogP contribution is 2.13. The smallest absolute Gasteiger partial charge is 0.171 e. The Morgan fingerprint density at radius 1 is 1.42 bits per heavy atom. The number of rotatable bonds is 4. The van der Waals surface area contributed by atoms with Crippen molar-refractivity contribution < 1.29 is 2.85 Å². The highest BCUT2D eigenvalue weighted by molar-refractivity contribution is 7.80. The Kier molecular flexibility index (Phi) is 5.21. The summed E-state index contributed by atoms with van der Waals surface area (Å²) in [6, 6.07) is 9.96. The highest BCUT2D eigenvalue weighted by Gasteiger charge is 2.11. The first-order chi connectivity index (χ1) is 9.28. The molecule has 1 atom stereocenters. The number of anilines is 1. The molecule has 0 radical (unpaired) electrons. The third kappa shape index (κ3) is 4.56. The van der Waals surface area contributed by atoms with Crippen molar-refractivity contribution in [2.45, 2.75) is 19.8 Å². The van der Waals surface area contributed by atoms with E-state index in [9.17, 15) is 0 Å². The van der Waals surface area contributed by atoms with Gasteiger partial charge >= 0.3 is 0 Å². The number of hydrogen-bond acceptors (Lipinski definition) is 2. The maximum atomic E-state index is 5.27. The fourth-order valence-electron chi connectivity index (χ4n) is 2.06. The van der Waals surface area contributed by atoms with Crippen LogP contribution in [0.2, 0.25) is 0 Å². The van der Waals surface area contributed by atoms with Crippen LogP contribution in [0.1, 0.15) is 22.6 Å². The van der Waals surface area contributed by atoms with Gasteiger partial charge in [-0.15, -0.1) is 0 Å². The summed E-state index contributed by atoms with van der Waals surface area (Å²) in [7, 11) is 0. The second kappa shape index (κ2) is 7.14. The number of benzene rings is 1. The van der Waals surface area contributed by atoms with Gasteiger partial charge in [-0.3, -0.25) is 0 Å². The van der Waals surface area contributed by atoms with Crippen molar-refractivity contribution in [2.24, 2.45) is 5.92 Å². The van der Waals surface area contributed by atoms with Crippen LogP contribution in [0, 0.1) is 5.92 Å². The van der Waals surface area contributed by atoms with Gasteiger partial charge in [0.1, 0.15) is 0 Å². The summed E-state index contributed by atoms with van der Waals surface area (Å²) >= 11 is 5.27. The zero-order chi connectivity index (χ0) is 13.5. The van der Waals surface area contributed by atoms with Crippen molar-refractivity contribution in [3.8, 4) is 0 Å². The number of para-hydroxylation sites is 1. The standard InChI is InChI=1S/C15H21N3S.2H2/c1-2-12-8-9-14(16-10-12)11-17-15(19)18-13-6-4-3-5-7-13;;/h3-7,9,12,16H,2,8,10-11H2,1H3,(H2,17,18,19);2*1H/t12-;;/m1../s1. The summed E-state index contributed by atoms with van der Waals surface area (Å²) in [5, 5.41) is 10.5. The van der Waals surface area contributed by atoms with E-state index in [-0.39, 0.29) is 2.85 Å². The topological polar surface area (TPSA) is 36.1 Å². The average molecular weight is 279 g/mol. The van der Waals surface area contributed by atoms with Crippen LogP contribution < -0.4 is 16.0 Å². The van der Waals surface area contributed by atoms with Gasteiger partial charge in [0, 0.05) is 20.8 Å². The molecule has 1 aliphatic heterocycles. The molecule has 3 nitrogen and oxygen atoms in total. The summed E-state index contributed by atoms with van der Waals surface area (Å²) in [5.41, 5.74) is 2.25. The molecule has 2 rings (SSSR count). The molecule has 0 spiro atoms. The molecule has 1 aromatic rings. The second-order valence-corrected chi connectivity index (χ2v) is 5.20.